The molecule has 1 aliphatic rings. The molecule has 0 aliphatic carbocycles. The molecular formula is C15H25NO2. The van der Waals surface area contributed by atoms with Gasteiger partial charge in [0.15, 0.2) is 0 Å². The van der Waals surface area contributed by atoms with E-state index in [0.29, 0.717) is 6.61 Å². The Morgan fingerprint density at radius 2 is 2.17 bits per heavy atom. The number of likely N-dealkylation sites (tertiary alicyclic amines) is 1. The van der Waals surface area contributed by atoms with Crippen LogP contribution in [0.5, 0.6) is 0 Å². The van der Waals surface area contributed by atoms with E-state index in [1.165, 1.54) is 0 Å². The van der Waals surface area contributed by atoms with Crippen LogP contribution in [0.1, 0.15) is 40.5 Å². The van der Waals surface area contributed by atoms with Crippen LogP contribution in [0, 0.1) is 23.2 Å². The molecule has 1 heterocycles. The van der Waals surface area contributed by atoms with Crippen LogP contribution in [0.4, 0.5) is 0 Å². The van der Waals surface area contributed by atoms with Crippen molar-refractivity contribution in [1.29, 1.82) is 0 Å². The minimum atomic E-state index is -0.0500. The second-order valence-corrected chi connectivity index (χ2v) is 5.88. The third kappa shape index (κ3) is 5.55. The molecule has 0 aromatic carbocycles. The Hall–Kier alpha value is -1.01. The van der Waals surface area contributed by atoms with Crippen molar-refractivity contribution < 1.29 is 9.53 Å². The normalized spacial score (nSPS) is 21.0. The van der Waals surface area contributed by atoms with Gasteiger partial charge in [-0.3, -0.25) is 9.69 Å². The summed E-state index contributed by atoms with van der Waals surface area (Å²) in [5, 5.41) is 0. The van der Waals surface area contributed by atoms with E-state index in [2.05, 4.69) is 37.5 Å². The molecule has 1 unspecified atom stereocenters. The maximum absolute atomic E-state index is 11.7. The van der Waals surface area contributed by atoms with E-state index in [1.807, 2.05) is 6.92 Å². The summed E-state index contributed by atoms with van der Waals surface area (Å²) in [6.45, 7) is 11.2. The molecular weight excluding hydrogens is 226 g/mol. The molecule has 0 spiro atoms. The van der Waals surface area contributed by atoms with E-state index in [9.17, 15) is 4.79 Å². The van der Waals surface area contributed by atoms with Gasteiger partial charge in [0.25, 0.3) is 0 Å². The van der Waals surface area contributed by atoms with Gasteiger partial charge in [0.2, 0.25) is 0 Å². The third-order valence-electron chi connectivity index (χ3n) is 2.89. The Labute approximate surface area is 111 Å². The molecule has 3 nitrogen and oxygen atoms in total. The highest BCUT2D eigenvalue weighted by molar-refractivity contribution is 5.72. The minimum Gasteiger partial charge on any atom is -0.466 e. The van der Waals surface area contributed by atoms with E-state index >= 15 is 0 Å². The number of esters is 1. The average molecular weight is 251 g/mol. The zero-order valence-corrected chi connectivity index (χ0v) is 12.1. The Morgan fingerprint density at radius 1 is 1.44 bits per heavy atom. The average Bonchev–Trinajstić information content (AvgIpc) is 2.28. The minimum absolute atomic E-state index is 0.0372. The first kappa shape index (κ1) is 15.0. The lowest BCUT2D eigenvalue weighted by Crippen LogP contribution is -2.39. The summed E-state index contributed by atoms with van der Waals surface area (Å²) >= 11 is 0. The Morgan fingerprint density at radius 3 is 2.78 bits per heavy atom. The number of ether oxygens (including phenoxy) is 1. The molecule has 0 bridgehead atoms. The van der Waals surface area contributed by atoms with Crippen molar-refractivity contribution in [2.75, 3.05) is 26.2 Å². The maximum atomic E-state index is 11.7. The summed E-state index contributed by atoms with van der Waals surface area (Å²) in [6.07, 6.45) is 2.00. The van der Waals surface area contributed by atoms with Crippen molar-refractivity contribution in [3.05, 3.63) is 0 Å². The number of rotatable bonds is 3. The molecule has 0 aromatic rings. The highest BCUT2D eigenvalue weighted by Crippen LogP contribution is 2.17. The van der Waals surface area contributed by atoms with Gasteiger partial charge in [-0.25, -0.2) is 0 Å². The molecule has 0 amide bonds. The molecule has 1 atom stereocenters. The van der Waals surface area contributed by atoms with Crippen LogP contribution in [0.2, 0.25) is 0 Å². The van der Waals surface area contributed by atoms with Gasteiger partial charge < -0.3 is 4.74 Å². The van der Waals surface area contributed by atoms with Crippen LogP contribution in [0.3, 0.4) is 0 Å². The molecule has 0 aromatic heterocycles. The van der Waals surface area contributed by atoms with E-state index in [4.69, 9.17) is 4.74 Å². The first-order valence-corrected chi connectivity index (χ1v) is 6.81. The summed E-state index contributed by atoms with van der Waals surface area (Å²) in [4.78, 5) is 13.9. The molecule has 0 saturated carbocycles. The number of carbonyl (C=O) groups excluding carboxylic acids is 1. The zero-order chi connectivity index (χ0) is 13.6. The summed E-state index contributed by atoms with van der Waals surface area (Å²) in [6, 6.07) is 0. The highest BCUT2D eigenvalue weighted by atomic mass is 16.5. The monoisotopic (exact) mass is 251 g/mol. The number of piperidine rings is 1. The van der Waals surface area contributed by atoms with Crippen LogP contribution in [-0.2, 0) is 9.53 Å². The Balaban J connectivity index is 2.43. The summed E-state index contributed by atoms with van der Waals surface area (Å²) in [7, 11) is 0. The van der Waals surface area contributed by atoms with Gasteiger partial charge in [-0.1, -0.05) is 11.8 Å². The van der Waals surface area contributed by atoms with Gasteiger partial charge in [0, 0.05) is 12.0 Å². The Kier molecular flexibility index (Phi) is 5.68. The zero-order valence-electron chi connectivity index (χ0n) is 12.1. The van der Waals surface area contributed by atoms with Crippen LogP contribution in [0.15, 0.2) is 0 Å². The quantitative estimate of drug-likeness (QED) is 0.569. The standard InChI is InChI=1S/C15H25NO2/c1-5-18-14(17)13-8-6-10-16(12-13)11-7-9-15(2,3)4/h13H,5-6,8,10-12H2,1-4H3. The van der Waals surface area contributed by atoms with Gasteiger partial charge in [-0.15, -0.1) is 0 Å². The first-order valence-electron chi connectivity index (χ1n) is 6.81. The molecule has 0 radical (unpaired) electrons. The maximum Gasteiger partial charge on any atom is 0.310 e. The van der Waals surface area contributed by atoms with Crippen molar-refractivity contribution in [1.82, 2.24) is 4.90 Å². The molecule has 1 saturated heterocycles. The summed E-state index contributed by atoms with van der Waals surface area (Å²) in [5.41, 5.74) is 0.0519. The lowest BCUT2D eigenvalue weighted by atomic mass is 9.97. The van der Waals surface area contributed by atoms with Crippen molar-refractivity contribution in [3.8, 4) is 11.8 Å². The smallest absolute Gasteiger partial charge is 0.310 e. The van der Waals surface area contributed by atoms with Crippen molar-refractivity contribution in [2.45, 2.75) is 40.5 Å². The molecule has 1 aliphatic heterocycles. The van der Waals surface area contributed by atoms with Crippen LogP contribution in [0.25, 0.3) is 0 Å². The largest absolute Gasteiger partial charge is 0.466 e. The number of carbonyl (C=O) groups is 1. The molecule has 3 heteroatoms. The number of hydrogen-bond donors (Lipinski definition) is 0. The van der Waals surface area contributed by atoms with Crippen molar-refractivity contribution in [3.63, 3.8) is 0 Å². The topological polar surface area (TPSA) is 29.5 Å². The second kappa shape index (κ2) is 6.80. The predicted octanol–water partition coefficient (Wildman–Crippen LogP) is 2.31. The second-order valence-electron chi connectivity index (χ2n) is 5.88. The van der Waals surface area contributed by atoms with E-state index < -0.39 is 0 Å². The van der Waals surface area contributed by atoms with E-state index in [-0.39, 0.29) is 17.3 Å². The van der Waals surface area contributed by atoms with E-state index in [0.717, 1.165) is 32.5 Å². The number of hydrogen-bond acceptors (Lipinski definition) is 3. The summed E-state index contributed by atoms with van der Waals surface area (Å²) < 4.78 is 5.09. The van der Waals surface area contributed by atoms with Gasteiger partial charge in [-0.05, 0) is 47.1 Å². The lowest BCUT2D eigenvalue weighted by Gasteiger charge is -2.29. The molecule has 18 heavy (non-hydrogen) atoms. The van der Waals surface area contributed by atoms with Gasteiger partial charge in [0.1, 0.15) is 0 Å². The van der Waals surface area contributed by atoms with Crippen LogP contribution in [-0.4, -0.2) is 37.1 Å². The fourth-order valence-corrected chi connectivity index (χ4v) is 2.07. The lowest BCUT2D eigenvalue weighted by molar-refractivity contribution is -0.149. The van der Waals surface area contributed by atoms with E-state index in [1.54, 1.807) is 0 Å². The molecule has 1 rings (SSSR count). The van der Waals surface area contributed by atoms with Gasteiger partial charge >= 0.3 is 5.97 Å². The molecule has 102 valence electrons. The van der Waals surface area contributed by atoms with Crippen molar-refractivity contribution >= 4 is 5.97 Å². The molecule has 1 fully saturated rings. The van der Waals surface area contributed by atoms with Gasteiger partial charge in [-0.2, -0.15) is 0 Å². The Bertz CT molecular complexity index is 333. The SMILES string of the molecule is CCOC(=O)C1CCCN(CC#CC(C)(C)C)C1. The first-order chi connectivity index (χ1) is 8.42. The highest BCUT2D eigenvalue weighted by Gasteiger charge is 2.26. The third-order valence-corrected chi connectivity index (χ3v) is 2.89. The molecule has 0 N–H and O–H groups in total. The fraction of sp³-hybridized carbons (Fsp3) is 0.800. The number of nitrogens with zero attached hydrogens (tertiary/aromatic N) is 1. The van der Waals surface area contributed by atoms with Crippen LogP contribution >= 0.6 is 0 Å². The van der Waals surface area contributed by atoms with Crippen LogP contribution < -0.4 is 0 Å². The van der Waals surface area contributed by atoms with Crippen molar-refractivity contribution in [2.24, 2.45) is 11.3 Å². The van der Waals surface area contributed by atoms with Gasteiger partial charge in [0.05, 0.1) is 19.1 Å². The fourth-order valence-electron chi connectivity index (χ4n) is 2.07. The summed E-state index contributed by atoms with van der Waals surface area (Å²) in [5.74, 6) is 6.43. The predicted molar refractivity (Wildman–Crippen MR) is 73.0 cm³/mol.